The number of aromatic nitrogens is 1. The third kappa shape index (κ3) is 40.6. The summed E-state index contributed by atoms with van der Waals surface area (Å²) in [5, 5.41) is 19.4. The average molecular weight is 598 g/mol. The van der Waals surface area contributed by atoms with Gasteiger partial charge in [-0.1, -0.05) is 45.3 Å². The molecular weight excluding hydrogens is 554 g/mol. The van der Waals surface area contributed by atoms with Crippen LogP contribution in [0.25, 0.3) is 0 Å². The van der Waals surface area contributed by atoms with E-state index in [2.05, 4.69) is 57.4 Å². The second-order valence-electron chi connectivity index (χ2n) is 10.7. The molecule has 0 aliphatic carbocycles. The summed E-state index contributed by atoms with van der Waals surface area (Å²) in [6, 6.07) is 5.70. The van der Waals surface area contributed by atoms with Crippen LogP contribution in [-0.4, -0.2) is 42.5 Å². The fourth-order valence-corrected chi connectivity index (χ4v) is 1.61. The van der Waals surface area contributed by atoms with Gasteiger partial charge in [0.2, 0.25) is 0 Å². The third-order valence-electron chi connectivity index (χ3n) is 2.09. The summed E-state index contributed by atoms with van der Waals surface area (Å²) in [6.07, 6.45) is 1.04. The van der Waals surface area contributed by atoms with Crippen molar-refractivity contribution >= 4 is 16.1 Å². The monoisotopic (exact) mass is 597 g/mol. The Morgan fingerprint density at radius 1 is 0.821 bits per heavy atom. The van der Waals surface area contributed by atoms with Gasteiger partial charge in [0.05, 0.1) is 11.2 Å². The van der Waals surface area contributed by atoms with Gasteiger partial charge in [-0.15, -0.1) is 16.1 Å². The van der Waals surface area contributed by atoms with Crippen molar-refractivity contribution in [2.45, 2.75) is 91.0 Å². The zero-order valence-electron chi connectivity index (χ0n) is 19.7. The molecule has 0 fully saturated rings. The molecule has 1 aromatic heterocycles. The predicted octanol–water partition coefficient (Wildman–Crippen LogP) is 4.98. The van der Waals surface area contributed by atoms with Crippen molar-refractivity contribution < 1.29 is 33.4 Å². The molecule has 0 saturated carbocycles. The molecule has 4 nitrogen and oxygen atoms in total. The Morgan fingerprint density at radius 2 is 1.04 bits per heavy atom. The molecule has 0 saturated heterocycles. The Bertz CT molecular complexity index is 473. The number of rotatable bonds is 4. The van der Waals surface area contributed by atoms with Crippen molar-refractivity contribution in [2.75, 3.05) is 0 Å². The summed E-state index contributed by atoms with van der Waals surface area (Å²) >= 11 is 0.333. The Morgan fingerprint density at radius 3 is 1.21 bits per heavy atom. The number of pyridine rings is 1. The van der Waals surface area contributed by atoms with Gasteiger partial charge in [-0.2, -0.15) is 0 Å². The summed E-state index contributed by atoms with van der Waals surface area (Å²) in [7, 11) is -1.72. The molecule has 0 atom stereocenters. The SMILES string of the molecule is CC(C)(O)Cc1cccc(CC(C)(C)O)n1.[CH2-][Si](C)(C)C.[CH2-][Si](C)(C)C.[O]=[W]. The van der Waals surface area contributed by atoms with Crippen LogP contribution in [0.15, 0.2) is 18.2 Å². The van der Waals surface area contributed by atoms with Gasteiger partial charge in [-0.25, -0.2) is 0 Å². The van der Waals surface area contributed by atoms with Gasteiger partial charge in [-0.3, -0.25) is 4.98 Å². The van der Waals surface area contributed by atoms with E-state index in [0.29, 0.717) is 32.6 Å². The minimum absolute atomic E-state index is 0.333. The first-order valence-electron chi connectivity index (χ1n) is 9.43. The third-order valence-corrected chi connectivity index (χ3v) is 2.09. The molecule has 7 heteroatoms. The van der Waals surface area contributed by atoms with E-state index >= 15 is 0 Å². The normalized spacial score (nSPS) is 11.8. The average Bonchev–Trinajstić information content (AvgIpc) is 2.33. The molecule has 0 aliphatic rings. The van der Waals surface area contributed by atoms with Crippen LogP contribution in [0.3, 0.4) is 0 Å². The second-order valence-corrected chi connectivity index (χ2v) is 21.0. The first kappa shape index (κ1) is 32.7. The van der Waals surface area contributed by atoms with Crippen LogP contribution < -0.4 is 0 Å². The van der Waals surface area contributed by atoms with E-state index in [1.165, 1.54) is 0 Å². The Balaban J connectivity index is -0.000000430. The minimum atomic E-state index is -0.861. The Hall–Kier alpha value is -0.00792. The van der Waals surface area contributed by atoms with Crippen molar-refractivity contribution in [1.29, 1.82) is 0 Å². The summed E-state index contributed by atoms with van der Waals surface area (Å²) in [5.41, 5.74) is 0.212. The standard InChI is InChI=1S/C13H21NO2.2C4H11Si.O.W/c1-12(2,15)8-10-6-5-7-11(14-10)9-13(3,4)16;2*1-5(2,3)4;;/h5-7,15-16H,8-9H2,1-4H3;2*1H2,2-4H3;;/q;2*-1;;. The van der Waals surface area contributed by atoms with Crippen molar-refractivity contribution in [2.24, 2.45) is 0 Å². The molecule has 0 spiro atoms. The number of hydrogen-bond donors (Lipinski definition) is 2. The molecule has 0 bridgehead atoms. The van der Waals surface area contributed by atoms with Crippen LogP contribution >= 0.6 is 0 Å². The van der Waals surface area contributed by atoms with Crippen molar-refractivity contribution in [3.63, 3.8) is 0 Å². The Labute approximate surface area is 187 Å². The quantitative estimate of drug-likeness (QED) is 0.380. The fraction of sp³-hybridized carbons (Fsp3) is 0.667. The van der Waals surface area contributed by atoms with Gasteiger partial charge in [-0.05, 0) is 39.8 Å². The molecule has 2 N–H and O–H groups in total. The van der Waals surface area contributed by atoms with E-state index in [-0.39, 0.29) is 0 Å². The van der Waals surface area contributed by atoms with Gasteiger partial charge in [0, 0.05) is 24.2 Å². The topological polar surface area (TPSA) is 70.4 Å². The molecule has 0 amide bonds. The Kier molecular flexibility index (Phi) is 16.4. The van der Waals surface area contributed by atoms with Crippen LogP contribution in [0.2, 0.25) is 39.3 Å². The zero-order chi connectivity index (χ0) is 23.4. The van der Waals surface area contributed by atoms with Crippen molar-refractivity contribution in [3.05, 3.63) is 42.7 Å². The van der Waals surface area contributed by atoms with Crippen LogP contribution in [0.1, 0.15) is 39.1 Å². The second kappa shape index (κ2) is 14.1. The molecule has 0 radical (unpaired) electrons. The van der Waals surface area contributed by atoms with Gasteiger partial charge >= 0.3 is 23.2 Å². The number of hydrogen-bond acceptors (Lipinski definition) is 4. The van der Waals surface area contributed by atoms with E-state index in [4.69, 9.17) is 3.40 Å². The summed E-state index contributed by atoms with van der Waals surface area (Å²) in [5.74, 6) is 0. The summed E-state index contributed by atoms with van der Waals surface area (Å²) in [4.78, 5) is 4.42. The maximum atomic E-state index is 9.71. The van der Waals surface area contributed by atoms with Gasteiger partial charge in [0.15, 0.2) is 0 Å². The van der Waals surface area contributed by atoms with Crippen LogP contribution in [0.5, 0.6) is 0 Å². The molecule has 28 heavy (non-hydrogen) atoms. The molecule has 0 aliphatic heterocycles. The fourth-order valence-electron chi connectivity index (χ4n) is 1.61. The van der Waals surface area contributed by atoms with Crippen LogP contribution in [0, 0.1) is 13.1 Å². The first-order valence-corrected chi connectivity index (χ1v) is 18.0. The molecule has 0 aromatic carbocycles. The van der Waals surface area contributed by atoms with Crippen LogP contribution in [-0.2, 0) is 36.0 Å². The number of nitrogens with zero attached hydrogens (tertiary/aromatic N) is 1. The predicted molar refractivity (Wildman–Crippen MR) is 122 cm³/mol. The molecule has 1 aromatic rings. The zero-order valence-corrected chi connectivity index (χ0v) is 24.7. The van der Waals surface area contributed by atoms with Crippen LogP contribution in [0.4, 0.5) is 0 Å². The van der Waals surface area contributed by atoms with E-state index < -0.39 is 27.3 Å². The van der Waals surface area contributed by atoms with Crippen molar-refractivity contribution in [3.8, 4) is 0 Å². The van der Waals surface area contributed by atoms with E-state index in [1.54, 1.807) is 27.7 Å². The molecular formula is C21H43NO3Si2W-2. The van der Waals surface area contributed by atoms with Crippen molar-refractivity contribution in [1.82, 2.24) is 4.98 Å². The van der Waals surface area contributed by atoms with E-state index in [9.17, 15) is 10.2 Å². The van der Waals surface area contributed by atoms with E-state index in [1.807, 2.05) is 18.2 Å². The molecule has 1 rings (SSSR count). The summed E-state index contributed by atoms with van der Waals surface area (Å²) in [6.45, 7) is 28.2. The first-order chi connectivity index (χ1) is 12.2. The molecule has 0 unspecified atom stereocenters. The summed E-state index contributed by atoms with van der Waals surface area (Å²) < 4.78 is 8.33. The number of aliphatic hydroxyl groups is 2. The van der Waals surface area contributed by atoms with Gasteiger partial charge in [0.1, 0.15) is 0 Å². The maximum absolute atomic E-state index is 9.71. The molecule has 1 heterocycles. The van der Waals surface area contributed by atoms with Gasteiger partial charge in [0.25, 0.3) is 0 Å². The van der Waals surface area contributed by atoms with Gasteiger partial charge < -0.3 is 23.3 Å². The van der Waals surface area contributed by atoms with E-state index in [0.717, 1.165) is 11.4 Å². The molecule has 166 valence electrons.